The summed E-state index contributed by atoms with van der Waals surface area (Å²) < 4.78 is 1.05. The molecule has 1 heterocycles. The fraction of sp³-hybridized carbons (Fsp3) is 0.286. The van der Waals surface area contributed by atoms with Gasteiger partial charge in [-0.05, 0) is 65.5 Å². The lowest BCUT2D eigenvalue weighted by Crippen LogP contribution is -1.99. The average molecular weight is 346 g/mol. The second-order valence-corrected chi connectivity index (χ2v) is 7.27. The number of aliphatic hydroxyl groups excluding tert-OH is 1. The predicted octanol–water partition coefficient (Wildman–Crippen LogP) is 5.17. The minimum absolute atomic E-state index is 0.618. The van der Waals surface area contributed by atoms with Crippen LogP contribution in [0.5, 0.6) is 0 Å². The van der Waals surface area contributed by atoms with E-state index in [4.69, 9.17) is 11.6 Å². The summed E-state index contributed by atoms with van der Waals surface area (Å²) in [5.41, 5.74) is 4.18. The van der Waals surface area contributed by atoms with Crippen molar-refractivity contribution in [3.8, 4) is 0 Å². The third-order valence-corrected chi connectivity index (χ3v) is 5.57. The molecule has 1 N–H and O–H groups in total. The Hall–Kier alpha value is -0.350. The quantitative estimate of drug-likeness (QED) is 0.796. The fourth-order valence-electron chi connectivity index (χ4n) is 1.78. The second-order valence-electron chi connectivity index (χ2n) is 4.47. The highest BCUT2D eigenvalue weighted by Crippen LogP contribution is 2.37. The molecule has 96 valence electrons. The Balaban J connectivity index is 2.45. The maximum absolute atomic E-state index is 10.4. The first-order valence-corrected chi connectivity index (χ1v) is 7.59. The lowest BCUT2D eigenvalue weighted by molar-refractivity contribution is 0.224. The first-order chi connectivity index (χ1) is 8.40. The fourth-order valence-corrected chi connectivity index (χ4v) is 3.68. The highest BCUT2D eigenvalue weighted by Gasteiger charge is 2.18. The van der Waals surface area contributed by atoms with Crippen LogP contribution >= 0.6 is 38.9 Å². The van der Waals surface area contributed by atoms with E-state index < -0.39 is 6.10 Å². The van der Waals surface area contributed by atoms with Crippen molar-refractivity contribution in [1.82, 2.24) is 0 Å². The molecule has 0 saturated heterocycles. The lowest BCUT2D eigenvalue weighted by Gasteiger charge is -2.13. The number of rotatable bonds is 2. The molecule has 1 atom stereocenters. The van der Waals surface area contributed by atoms with Crippen LogP contribution in [0.15, 0.2) is 22.0 Å². The standard InChI is InChI=1S/C14H14BrClOS/c1-7-4-10(11(16)5-8(7)2)13(17)12-6-9(3)14(15)18-12/h4-6,13,17H,1-3H3. The van der Waals surface area contributed by atoms with Crippen molar-refractivity contribution in [2.45, 2.75) is 26.9 Å². The molecule has 0 amide bonds. The highest BCUT2D eigenvalue weighted by molar-refractivity contribution is 9.11. The van der Waals surface area contributed by atoms with Gasteiger partial charge >= 0.3 is 0 Å². The molecule has 1 aromatic heterocycles. The van der Waals surface area contributed by atoms with E-state index >= 15 is 0 Å². The zero-order chi connectivity index (χ0) is 13.4. The maximum Gasteiger partial charge on any atom is 0.115 e. The van der Waals surface area contributed by atoms with Crippen LogP contribution in [0.3, 0.4) is 0 Å². The van der Waals surface area contributed by atoms with Crippen LogP contribution in [0.1, 0.15) is 33.2 Å². The Bertz CT molecular complexity index is 572. The van der Waals surface area contributed by atoms with Crippen molar-refractivity contribution in [2.75, 3.05) is 0 Å². The van der Waals surface area contributed by atoms with E-state index in [9.17, 15) is 5.11 Å². The van der Waals surface area contributed by atoms with E-state index in [1.165, 1.54) is 0 Å². The van der Waals surface area contributed by atoms with Gasteiger partial charge in [0.05, 0.1) is 3.79 Å². The van der Waals surface area contributed by atoms with Gasteiger partial charge in [0.15, 0.2) is 0 Å². The van der Waals surface area contributed by atoms with Gasteiger partial charge in [-0.25, -0.2) is 0 Å². The van der Waals surface area contributed by atoms with Gasteiger partial charge in [-0.3, -0.25) is 0 Å². The largest absolute Gasteiger partial charge is 0.383 e. The predicted molar refractivity (Wildman–Crippen MR) is 81.7 cm³/mol. The summed E-state index contributed by atoms with van der Waals surface area (Å²) in [6.45, 7) is 6.06. The molecule has 1 unspecified atom stereocenters. The molecule has 1 nitrogen and oxygen atoms in total. The van der Waals surface area contributed by atoms with Crippen molar-refractivity contribution in [2.24, 2.45) is 0 Å². The smallest absolute Gasteiger partial charge is 0.115 e. The molecule has 0 saturated carbocycles. The molecular formula is C14H14BrClOS. The molecule has 2 aromatic rings. The molecule has 0 bridgehead atoms. The number of halogens is 2. The molecule has 0 aliphatic heterocycles. The Kier molecular flexibility index (Phi) is 4.17. The Labute approximate surface area is 125 Å². The van der Waals surface area contributed by atoms with Crippen molar-refractivity contribution in [3.05, 3.63) is 54.1 Å². The van der Waals surface area contributed by atoms with Gasteiger partial charge in [-0.15, -0.1) is 11.3 Å². The van der Waals surface area contributed by atoms with E-state index in [-0.39, 0.29) is 0 Å². The van der Waals surface area contributed by atoms with Crippen LogP contribution in [0.2, 0.25) is 5.02 Å². The topological polar surface area (TPSA) is 20.2 Å². The molecule has 0 radical (unpaired) electrons. The maximum atomic E-state index is 10.4. The number of benzene rings is 1. The molecule has 18 heavy (non-hydrogen) atoms. The monoisotopic (exact) mass is 344 g/mol. The van der Waals surface area contributed by atoms with E-state index in [1.807, 2.05) is 39.0 Å². The Morgan fingerprint density at radius 2 is 1.72 bits per heavy atom. The molecule has 0 aliphatic carbocycles. The van der Waals surface area contributed by atoms with E-state index in [2.05, 4.69) is 15.9 Å². The Morgan fingerprint density at radius 1 is 1.11 bits per heavy atom. The summed E-state index contributed by atoms with van der Waals surface area (Å²) in [6, 6.07) is 5.86. The number of hydrogen-bond acceptors (Lipinski definition) is 2. The van der Waals surface area contributed by atoms with Crippen molar-refractivity contribution >= 4 is 38.9 Å². The zero-order valence-electron chi connectivity index (χ0n) is 10.4. The van der Waals surface area contributed by atoms with Crippen molar-refractivity contribution in [1.29, 1.82) is 0 Å². The second kappa shape index (κ2) is 5.33. The van der Waals surface area contributed by atoms with Crippen LogP contribution in [-0.2, 0) is 0 Å². The molecule has 1 aromatic carbocycles. The first-order valence-electron chi connectivity index (χ1n) is 5.60. The lowest BCUT2D eigenvalue weighted by atomic mass is 10.0. The first kappa shape index (κ1) is 14.1. The zero-order valence-corrected chi connectivity index (χ0v) is 13.6. The summed E-state index contributed by atoms with van der Waals surface area (Å²) in [5, 5.41) is 11.0. The molecule has 2 rings (SSSR count). The summed E-state index contributed by atoms with van der Waals surface area (Å²) in [6.07, 6.45) is -0.660. The number of hydrogen-bond donors (Lipinski definition) is 1. The van der Waals surface area contributed by atoms with Gasteiger partial charge in [-0.2, -0.15) is 0 Å². The van der Waals surface area contributed by atoms with Crippen LogP contribution in [0.4, 0.5) is 0 Å². The number of aryl methyl sites for hydroxylation is 3. The summed E-state index contributed by atoms with van der Waals surface area (Å²) in [7, 11) is 0. The van der Waals surface area contributed by atoms with Gasteiger partial charge < -0.3 is 5.11 Å². The molecule has 4 heteroatoms. The minimum Gasteiger partial charge on any atom is -0.383 e. The number of aliphatic hydroxyl groups is 1. The average Bonchev–Trinajstić information content (AvgIpc) is 2.63. The van der Waals surface area contributed by atoms with Crippen LogP contribution in [0, 0.1) is 20.8 Å². The van der Waals surface area contributed by atoms with Crippen molar-refractivity contribution in [3.63, 3.8) is 0 Å². The van der Waals surface area contributed by atoms with Gasteiger partial charge in [-0.1, -0.05) is 17.7 Å². The molecular weight excluding hydrogens is 332 g/mol. The van der Waals surface area contributed by atoms with Gasteiger partial charge in [0.2, 0.25) is 0 Å². The summed E-state index contributed by atoms with van der Waals surface area (Å²) in [4.78, 5) is 0.907. The van der Waals surface area contributed by atoms with Gasteiger partial charge in [0.25, 0.3) is 0 Å². The summed E-state index contributed by atoms with van der Waals surface area (Å²) in [5.74, 6) is 0. The van der Waals surface area contributed by atoms with E-state index in [0.29, 0.717) is 5.02 Å². The van der Waals surface area contributed by atoms with E-state index in [0.717, 1.165) is 30.9 Å². The third-order valence-electron chi connectivity index (χ3n) is 3.05. The van der Waals surface area contributed by atoms with Crippen LogP contribution < -0.4 is 0 Å². The molecule has 0 fully saturated rings. The summed E-state index contributed by atoms with van der Waals surface area (Å²) >= 11 is 11.2. The molecule has 0 aliphatic rings. The number of thiophene rings is 1. The molecule has 0 spiro atoms. The van der Waals surface area contributed by atoms with Crippen molar-refractivity contribution < 1.29 is 5.11 Å². The third kappa shape index (κ3) is 2.64. The van der Waals surface area contributed by atoms with Gasteiger partial charge in [0, 0.05) is 15.5 Å². The van der Waals surface area contributed by atoms with Crippen LogP contribution in [-0.4, -0.2) is 5.11 Å². The SMILES string of the molecule is Cc1cc(Cl)c(C(O)c2cc(C)c(Br)s2)cc1C. The van der Waals surface area contributed by atoms with Crippen LogP contribution in [0.25, 0.3) is 0 Å². The Morgan fingerprint density at radius 3 is 2.28 bits per heavy atom. The minimum atomic E-state index is -0.660. The van der Waals surface area contributed by atoms with E-state index in [1.54, 1.807) is 11.3 Å². The highest BCUT2D eigenvalue weighted by atomic mass is 79.9. The normalized spacial score (nSPS) is 12.8. The van der Waals surface area contributed by atoms with Gasteiger partial charge in [0.1, 0.15) is 6.10 Å².